The fourth-order valence-corrected chi connectivity index (χ4v) is 4.31. The molecule has 2 aliphatic heterocycles. The maximum absolute atomic E-state index is 12.8. The van der Waals surface area contributed by atoms with Crippen molar-refractivity contribution in [3.8, 4) is 23.0 Å². The summed E-state index contributed by atoms with van der Waals surface area (Å²) < 4.78 is 27.4. The molecule has 0 radical (unpaired) electrons. The standard InChI is InChI=1S/C23H25NO7/c1-27-14-5-6-15-16(11-14)24(7-8-25)17-12-31-23(26)21(17)20(15)13-9-18(28-2)22(30-4)19(10-13)29-3/h5-6,9-11,20,25H,7-8,12H2,1-4H3. The quantitative estimate of drug-likeness (QED) is 0.675. The molecule has 0 saturated carbocycles. The van der Waals surface area contributed by atoms with Crippen molar-refractivity contribution in [3.05, 3.63) is 52.7 Å². The molecule has 164 valence electrons. The first-order valence-electron chi connectivity index (χ1n) is 9.84. The van der Waals surface area contributed by atoms with E-state index in [1.807, 2.05) is 35.2 Å². The van der Waals surface area contributed by atoms with Crippen LogP contribution in [-0.4, -0.2) is 59.3 Å². The van der Waals surface area contributed by atoms with E-state index in [0.717, 1.165) is 22.5 Å². The number of aliphatic hydroxyl groups excluding tert-OH is 1. The first-order valence-corrected chi connectivity index (χ1v) is 9.84. The zero-order chi connectivity index (χ0) is 22.1. The molecule has 2 aromatic carbocycles. The summed E-state index contributed by atoms with van der Waals surface area (Å²) in [5.74, 6) is 1.37. The smallest absolute Gasteiger partial charge is 0.337 e. The molecule has 31 heavy (non-hydrogen) atoms. The van der Waals surface area contributed by atoms with Crippen molar-refractivity contribution in [1.82, 2.24) is 0 Å². The number of carbonyl (C=O) groups is 1. The lowest BCUT2D eigenvalue weighted by Crippen LogP contribution is -2.33. The number of nitrogens with zero attached hydrogens (tertiary/aromatic N) is 1. The minimum atomic E-state index is -0.408. The van der Waals surface area contributed by atoms with Gasteiger partial charge in [-0.2, -0.15) is 0 Å². The minimum Gasteiger partial charge on any atom is -0.497 e. The molecule has 2 heterocycles. The Morgan fingerprint density at radius 3 is 2.32 bits per heavy atom. The number of aliphatic hydroxyl groups is 1. The molecule has 0 spiro atoms. The van der Waals surface area contributed by atoms with Crippen molar-refractivity contribution in [2.24, 2.45) is 0 Å². The van der Waals surface area contributed by atoms with Crippen LogP contribution in [0.15, 0.2) is 41.6 Å². The molecule has 2 aromatic rings. The van der Waals surface area contributed by atoms with Gasteiger partial charge in [-0.25, -0.2) is 4.79 Å². The summed E-state index contributed by atoms with van der Waals surface area (Å²) >= 11 is 0. The number of β-amino-alcohol motifs (C(OH)–C–C–N with tert-alkyl or cyclic N) is 1. The average Bonchev–Trinajstić information content (AvgIpc) is 3.18. The summed E-state index contributed by atoms with van der Waals surface area (Å²) in [4.78, 5) is 14.7. The molecule has 1 atom stereocenters. The van der Waals surface area contributed by atoms with Gasteiger partial charge in [-0.3, -0.25) is 0 Å². The van der Waals surface area contributed by atoms with E-state index in [0.29, 0.717) is 35.1 Å². The van der Waals surface area contributed by atoms with Gasteiger partial charge in [0.05, 0.1) is 46.3 Å². The Morgan fingerprint density at radius 1 is 1.03 bits per heavy atom. The lowest BCUT2D eigenvalue weighted by atomic mass is 9.80. The average molecular weight is 427 g/mol. The van der Waals surface area contributed by atoms with E-state index in [1.165, 1.54) is 0 Å². The van der Waals surface area contributed by atoms with E-state index in [9.17, 15) is 9.90 Å². The Bertz CT molecular complexity index is 1020. The summed E-state index contributed by atoms with van der Waals surface area (Å²) in [5, 5.41) is 9.67. The van der Waals surface area contributed by atoms with Crippen LogP contribution in [0.1, 0.15) is 17.0 Å². The van der Waals surface area contributed by atoms with Crippen molar-refractivity contribution in [1.29, 1.82) is 0 Å². The second-order valence-electron chi connectivity index (χ2n) is 7.13. The first kappa shape index (κ1) is 20.9. The van der Waals surface area contributed by atoms with E-state index >= 15 is 0 Å². The van der Waals surface area contributed by atoms with Gasteiger partial charge in [-0.15, -0.1) is 0 Å². The molecular formula is C23H25NO7. The van der Waals surface area contributed by atoms with Crippen LogP contribution < -0.4 is 23.8 Å². The van der Waals surface area contributed by atoms with Crippen LogP contribution in [0.3, 0.4) is 0 Å². The SMILES string of the molecule is COc1ccc2c(c1)N(CCO)C1=C(C(=O)OC1)C2c1cc(OC)c(OC)c(OC)c1. The number of anilines is 1. The van der Waals surface area contributed by atoms with Crippen LogP contribution in [0.4, 0.5) is 5.69 Å². The molecule has 0 saturated heterocycles. The fourth-order valence-electron chi connectivity index (χ4n) is 4.31. The lowest BCUT2D eigenvalue weighted by Gasteiger charge is -2.35. The minimum absolute atomic E-state index is 0.0729. The van der Waals surface area contributed by atoms with Crippen LogP contribution in [0, 0.1) is 0 Å². The van der Waals surface area contributed by atoms with Crippen LogP contribution >= 0.6 is 0 Å². The second kappa shape index (κ2) is 8.39. The number of rotatable bonds is 7. The Kier molecular flexibility index (Phi) is 5.65. The predicted octanol–water partition coefficient (Wildman–Crippen LogP) is 2.48. The van der Waals surface area contributed by atoms with Crippen molar-refractivity contribution < 1.29 is 33.6 Å². The molecule has 0 amide bonds. The number of benzene rings is 2. The molecule has 8 nitrogen and oxygen atoms in total. The number of methoxy groups -OCH3 is 4. The predicted molar refractivity (Wildman–Crippen MR) is 113 cm³/mol. The number of carbonyl (C=O) groups excluding carboxylic acids is 1. The molecule has 0 aliphatic carbocycles. The number of fused-ring (bicyclic) bond motifs is 1. The molecular weight excluding hydrogens is 402 g/mol. The number of hydrogen-bond acceptors (Lipinski definition) is 8. The molecule has 0 aromatic heterocycles. The van der Waals surface area contributed by atoms with Crippen LogP contribution in [0.25, 0.3) is 0 Å². The highest BCUT2D eigenvalue weighted by Gasteiger charge is 2.42. The summed E-state index contributed by atoms with van der Waals surface area (Å²) in [5.41, 5.74) is 3.82. The zero-order valence-corrected chi connectivity index (χ0v) is 17.9. The number of cyclic esters (lactones) is 1. The lowest BCUT2D eigenvalue weighted by molar-refractivity contribution is -0.136. The van der Waals surface area contributed by atoms with Gasteiger partial charge in [0.15, 0.2) is 11.5 Å². The Morgan fingerprint density at radius 2 is 1.74 bits per heavy atom. The Labute approximate surface area is 180 Å². The summed E-state index contributed by atoms with van der Waals surface area (Å²) in [7, 11) is 6.25. The Balaban J connectivity index is 1.98. The van der Waals surface area contributed by atoms with Gasteiger partial charge in [-0.05, 0) is 29.3 Å². The molecule has 1 unspecified atom stereocenters. The largest absolute Gasteiger partial charge is 0.497 e. The molecule has 0 fully saturated rings. The summed E-state index contributed by atoms with van der Waals surface area (Å²) in [6.07, 6.45) is 0. The summed E-state index contributed by atoms with van der Waals surface area (Å²) in [6, 6.07) is 9.38. The third kappa shape index (κ3) is 3.33. The normalized spacial score (nSPS) is 17.1. The van der Waals surface area contributed by atoms with Gasteiger partial charge in [0.2, 0.25) is 5.75 Å². The molecule has 4 rings (SSSR count). The molecule has 0 bridgehead atoms. The zero-order valence-electron chi connectivity index (χ0n) is 17.9. The van der Waals surface area contributed by atoms with Crippen LogP contribution in [0.2, 0.25) is 0 Å². The van der Waals surface area contributed by atoms with Crippen molar-refractivity contribution in [3.63, 3.8) is 0 Å². The van der Waals surface area contributed by atoms with Gasteiger partial charge in [0, 0.05) is 24.2 Å². The number of esters is 1. The second-order valence-corrected chi connectivity index (χ2v) is 7.13. The number of hydrogen-bond donors (Lipinski definition) is 1. The van der Waals surface area contributed by atoms with E-state index in [2.05, 4.69) is 0 Å². The Hall–Kier alpha value is -3.39. The highest BCUT2D eigenvalue weighted by atomic mass is 16.5. The highest BCUT2D eigenvalue weighted by Crippen LogP contribution is 2.50. The highest BCUT2D eigenvalue weighted by molar-refractivity contribution is 5.97. The maximum atomic E-state index is 12.8. The van der Waals surface area contributed by atoms with E-state index in [-0.39, 0.29) is 19.2 Å². The van der Waals surface area contributed by atoms with Crippen molar-refractivity contribution in [2.45, 2.75) is 5.92 Å². The monoisotopic (exact) mass is 427 g/mol. The third-order valence-electron chi connectivity index (χ3n) is 5.67. The van der Waals surface area contributed by atoms with Crippen molar-refractivity contribution in [2.75, 3.05) is 53.1 Å². The van der Waals surface area contributed by atoms with E-state index in [1.54, 1.807) is 28.4 Å². The summed E-state index contributed by atoms with van der Waals surface area (Å²) in [6.45, 7) is 0.403. The fraction of sp³-hybridized carbons (Fsp3) is 0.348. The van der Waals surface area contributed by atoms with Crippen LogP contribution in [0.5, 0.6) is 23.0 Å². The van der Waals surface area contributed by atoms with Crippen molar-refractivity contribution >= 4 is 11.7 Å². The molecule has 8 heteroatoms. The number of ether oxygens (including phenoxy) is 5. The third-order valence-corrected chi connectivity index (χ3v) is 5.67. The van der Waals surface area contributed by atoms with E-state index in [4.69, 9.17) is 23.7 Å². The van der Waals surface area contributed by atoms with Gasteiger partial charge in [0.25, 0.3) is 0 Å². The van der Waals surface area contributed by atoms with Gasteiger partial charge in [-0.1, -0.05) is 6.07 Å². The molecule has 2 aliphatic rings. The van der Waals surface area contributed by atoms with Gasteiger partial charge >= 0.3 is 5.97 Å². The van der Waals surface area contributed by atoms with Gasteiger partial charge < -0.3 is 33.7 Å². The molecule has 1 N–H and O–H groups in total. The maximum Gasteiger partial charge on any atom is 0.337 e. The van der Waals surface area contributed by atoms with E-state index < -0.39 is 5.92 Å². The van der Waals surface area contributed by atoms with Crippen LogP contribution in [-0.2, 0) is 9.53 Å². The van der Waals surface area contributed by atoms with Gasteiger partial charge in [0.1, 0.15) is 12.4 Å². The topological polar surface area (TPSA) is 86.7 Å². The first-order chi connectivity index (χ1) is 15.1.